The quantitative estimate of drug-likeness (QED) is 0.695. The van der Waals surface area contributed by atoms with Gasteiger partial charge in [-0.1, -0.05) is 42.0 Å². The molecule has 2 heterocycles. The minimum absolute atomic E-state index is 0.0672. The summed E-state index contributed by atoms with van der Waals surface area (Å²) in [5.41, 5.74) is 3.80. The maximum Gasteiger partial charge on any atom is 0.225 e. The molecule has 1 saturated heterocycles. The Labute approximate surface area is 176 Å². The molecule has 0 bridgehead atoms. The second kappa shape index (κ2) is 9.03. The summed E-state index contributed by atoms with van der Waals surface area (Å²) in [6, 6.07) is 14.5. The Morgan fingerprint density at radius 2 is 1.93 bits per heavy atom. The van der Waals surface area contributed by atoms with Gasteiger partial charge in [0.2, 0.25) is 11.9 Å². The lowest BCUT2D eigenvalue weighted by molar-refractivity contribution is -0.125. The van der Waals surface area contributed by atoms with Crippen LogP contribution in [0.1, 0.15) is 24.0 Å². The van der Waals surface area contributed by atoms with Crippen molar-refractivity contribution >= 4 is 11.9 Å². The molecule has 1 N–H and O–H groups in total. The zero-order chi connectivity index (χ0) is 20.9. The van der Waals surface area contributed by atoms with E-state index in [2.05, 4.69) is 26.3 Å². The van der Waals surface area contributed by atoms with Crippen LogP contribution < -0.4 is 10.2 Å². The van der Waals surface area contributed by atoms with Crippen LogP contribution in [0.2, 0.25) is 0 Å². The van der Waals surface area contributed by atoms with Crippen molar-refractivity contribution < 1.29 is 9.18 Å². The number of carbonyl (C=O) groups is 1. The van der Waals surface area contributed by atoms with Crippen LogP contribution in [-0.4, -0.2) is 29.0 Å². The van der Waals surface area contributed by atoms with E-state index < -0.39 is 0 Å². The Bertz CT molecular complexity index is 1020. The molecule has 1 aliphatic rings. The van der Waals surface area contributed by atoms with Crippen LogP contribution in [0.25, 0.3) is 11.1 Å². The Balaban J connectivity index is 1.38. The van der Waals surface area contributed by atoms with E-state index in [0.717, 1.165) is 36.1 Å². The van der Waals surface area contributed by atoms with Gasteiger partial charge in [0.1, 0.15) is 5.82 Å². The van der Waals surface area contributed by atoms with Crippen molar-refractivity contribution in [3.63, 3.8) is 0 Å². The molecule has 0 unspecified atom stereocenters. The Morgan fingerprint density at radius 3 is 2.70 bits per heavy atom. The fourth-order valence-electron chi connectivity index (χ4n) is 3.83. The summed E-state index contributed by atoms with van der Waals surface area (Å²) in [6.45, 7) is 4.00. The highest BCUT2D eigenvalue weighted by Gasteiger charge is 2.27. The third-order valence-corrected chi connectivity index (χ3v) is 5.42. The van der Waals surface area contributed by atoms with E-state index in [9.17, 15) is 9.18 Å². The second-order valence-corrected chi connectivity index (χ2v) is 7.77. The van der Waals surface area contributed by atoms with Crippen LogP contribution >= 0.6 is 0 Å². The van der Waals surface area contributed by atoms with Gasteiger partial charge in [0.05, 0.1) is 5.92 Å². The van der Waals surface area contributed by atoms with Crippen molar-refractivity contribution in [2.45, 2.75) is 26.3 Å². The molecule has 4 rings (SSSR count). The minimum atomic E-state index is -0.285. The number of nitrogens with zero attached hydrogens (tertiary/aromatic N) is 3. The number of aromatic nitrogens is 2. The van der Waals surface area contributed by atoms with Gasteiger partial charge in [-0.3, -0.25) is 4.79 Å². The van der Waals surface area contributed by atoms with Crippen LogP contribution in [0, 0.1) is 18.7 Å². The molecule has 1 aliphatic heterocycles. The van der Waals surface area contributed by atoms with Gasteiger partial charge < -0.3 is 10.2 Å². The van der Waals surface area contributed by atoms with Gasteiger partial charge in [-0.15, -0.1) is 0 Å². The van der Waals surface area contributed by atoms with E-state index >= 15 is 0 Å². The van der Waals surface area contributed by atoms with Crippen LogP contribution in [0.3, 0.4) is 0 Å². The number of hydrogen-bond acceptors (Lipinski definition) is 4. The Kier molecular flexibility index (Phi) is 6.02. The molecule has 1 fully saturated rings. The normalized spacial score (nSPS) is 16.3. The number of carbonyl (C=O) groups excluding carboxylic acids is 1. The predicted molar refractivity (Wildman–Crippen MR) is 115 cm³/mol. The number of halogens is 1. The van der Waals surface area contributed by atoms with Gasteiger partial charge in [0, 0.05) is 37.6 Å². The van der Waals surface area contributed by atoms with Crippen molar-refractivity contribution in [3.8, 4) is 11.1 Å². The molecule has 3 aromatic rings. The molecule has 2 aromatic carbocycles. The molecule has 1 amide bonds. The van der Waals surface area contributed by atoms with Crippen molar-refractivity contribution in [3.05, 3.63) is 77.9 Å². The number of nitrogens with one attached hydrogen (secondary N) is 1. The summed E-state index contributed by atoms with van der Waals surface area (Å²) in [5.74, 6) is 0.297. The number of hydrogen-bond donors (Lipinski definition) is 1. The number of piperidine rings is 1. The van der Waals surface area contributed by atoms with Gasteiger partial charge in [-0.05, 0) is 43.0 Å². The fraction of sp³-hybridized carbons (Fsp3) is 0.292. The first-order chi connectivity index (χ1) is 14.6. The molecule has 0 spiro atoms. The van der Waals surface area contributed by atoms with Crippen LogP contribution in [-0.2, 0) is 11.3 Å². The van der Waals surface area contributed by atoms with E-state index in [4.69, 9.17) is 0 Å². The van der Waals surface area contributed by atoms with Crippen molar-refractivity contribution in [2.24, 2.45) is 5.92 Å². The van der Waals surface area contributed by atoms with Gasteiger partial charge in [0.25, 0.3) is 0 Å². The first kappa shape index (κ1) is 20.0. The topological polar surface area (TPSA) is 58.1 Å². The third kappa shape index (κ3) is 4.82. The number of anilines is 1. The van der Waals surface area contributed by atoms with E-state index in [1.54, 1.807) is 18.5 Å². The SMILES string of the molecule is Cc1cccc(CNC(=O)[C@@H]2CCCN(c3ncc(-c4cccc(F)c4)cn3)C2)c1. The summed E-state index contributed by atoms with van der Waals surface area (Å²) in [4.78, 5) is 23.7. The van der Waals surface area contributed by atoms with E-state index in [0.29, 0.717) is 19.0 Å². The van der Waals surface area contributed by atoms with Crippen molar-refractivity contribution in [2.75, 3.05) is 18.0 Å². The number of benzene rings is 2. The first-order valence-corrected chi connectivity index (χ1v) is 10.2. The van der Waals surface area contributed by atoms with E-state index in [-0.39, 0.29) is 17.6 Å². The molecule has 154 valence electrons. The van der Waals surface area contributed by atoms with Crippen LogP contribution in [0.5, 0.6) is 0 Å². The fourth-order valence-corrected chi connectivity index (χ4v) is 3.83. The lowest BCUT2D eigenvalue weighted by Gasteiger charge is -2.32. The molecule has 1 atom stereocenters. The summed E-state index contributed by atoms with van der Waals surface area (Å²) < 4.78 is 13.4. The number of amides is 1. The molecule has 5 nitrogen and oxygen atoms in total. The maximum atomic E-state index is 13.4. The summed E-state index contributed by atoms with van der Waals surface area (Å²) >= 11 is 0. The van der Waals surface area contributed by atoms with E-state index in [1.807, 2.05) is 31.2 Å². The molecular formula is C24H25FN4O. The van der Waals surface area contributed by atoms with Gasteiger partial charge in [0.15, 0.2) is 0 Å². The second-order valence-electron chi connectivity index (χ2n) is 7.77. The molecule has 0 radical (unpaired) electrons. The highest BCUT2D eigenvalue weighted by molar-refractivity contribution is 5.79. The monoisotopic (exact) mass is 404 g/mol. The lowest BCUT2D eigenvalue weighted by atomic mass is 9.97. The Hall–Kier alpha value is -3.28. The molecule has 1 aromatic heterocycles. The molecule has 0 aliphatic carbocycles. The van der Waals surface area contributed by atoms with Crippen LogP contribution in [0.4, 0.5) is 10.3 Å². The van der Waals surface area contributed by atoms with Crippen molar-refractivity contribution in [1.29, 1.82) is 0 Å². The minimum Gasteiger partial charge on any atom is -0.352 e. The van der Waals surface area contributed by atoms with Crippen molar-refractivity contribution in [1.82, 2.24) is 15.3 Å². The predicted octanol–water partition coefficient (Wildman–Crippen LogP) is 4.12. The van der Waals surface area contributed by atoms with Gasteiger partial charge in [-0.2, -0.15) is 0 Å². The summed E-state index contributed by atoms with van der Waals surface area (Å²) in [6.07, 6.45) is 5.19. The average Bonchev–Trinajstić information content (AvgIpc) is 2.78. The van der Waals surface area contributed by atoms with E-state index in [1.165, 1.54) is 17.7 Å². The molecule has 6 heteroatoms. The zero-order valence-electron chi connectivity index (χ0n) is 17.0. The maximum absolute atomic E-state index is 13.4. The highest BCUT2D eigenvalue weighted by Crippen LogP contribution is 2.23. The standard InChI is InChI=1S/C24H25FN4O/c1-17-5-2-6-18(11-17)13-26-23(30)20-8-4-10-29(16-20)24-27-14-21(15-28-24)19-7-3-9-22(25)12-19/h2-3,5-7,9,11-12,14-15,20H,4,8,10,13,16H2,1H3,(H,26,30)/t20-/m1/s1. The Morgan fingerprint density at radius 1 is 1.13 bits per heavy atom. The smallest absolute Gasteiger partial charge is 0.225 e. The van der Waals surface area contributed by atoms with Crippen LogP contribution in [0.15, 0.2) is 60.9 Å². The zero-order valence-corrected chi connectivity index (χ0v) is 17.0. The molecule has 0 saturated carbocycles. The first-order valence-electron chi connectivity index (χ1n) is 10.2. The molecular weight excluding hydrogens is 379 g/mol. The van der Waals surface area contributed by atoms with Gasteiger partial charge in [-0.25, -0.2) is 14.4 Å². The summed E-state index contributed by atoms with van der Waals surface area (Å²) in [7, 11) is 0. The number of aryl methyl sites for hydroxylation is 1. The average molecular weight is 404 g/mol. The van der Waals surface area contributed by atoms with Gasteiger partial charge >= 0.3 is 0 Å². The number of rotatable bonds is 5. The third-order valence-electron chi connectivity index (χ3n) is 5.42. The lowest BCUT2D eigenvalue weighted by Crippen LogP contribution is -2.43. The highest BCUT2D eigenvalue weighted by atomic mass is 19.1. The molecule has 30 heavy (non-hydrogen) atoms. The summed E-state index contributed by atoms with van der Waals surface area (Å²) in [5, 5.41) is 3.06. The largest absolute Gasteiger partial charge is 0.352 e.